The lowest BCUT2D eigenvalue weighted by Crippen LogP contribution is -2.47. The third-order valence-electron chi connectivity index (χ3n) is 3.47. The number of nitrogens with one attached hydrogen (secondary N) is 1. The minimum absolute atomic E-state index is 0.0924. The number of carbonyl (C=O) groups is 1. The van der Waals surface area contributed by atoms with Crippen LogP contribution in [-0.4, -0.2) is 25.2 Å². The zero-order valence-corrected chi connectivity index (χ0v) is 13.8. The highest BCUT2D eigenvalue weighted by Crippen LogP contribution is 2.20. The number of methoxy groups -OCH3 is 1. The number of ether oxygens (including phenoxy) is 2. The van der Waals surface area contributed by atoms with Crippen molar-refractivity contribution >= 4 is 5.91 Å². The highest BCUT2D eigenvalue weighted by atomic mass is 16.5. The minimum atomic E-state index is -0.544. The van der Waals surface area contributed by atoms with Crippen molar-refractivity contribution in [1.29, 1.82) is 0 Å². The van der Waals surface area contributed by atoms with E-state index in [1.807, 2.05) is 18.2 Å². The number of carbonyl (C=O) groups excluding carboxylic acids is 1. The number of amides is 1. The first-order valence-electron chi connectivity index (χ1n) is 7.46. The van der Waals surface area contributed by atoms with E-state index in [1.165, 1.54) is 0 Å². The Morgan fingerprint density at radius 3 is 2.14 bits per heavy atom. The van der Waals surface area contributed by atoms with Gasteiger partial charge in [0.05, 0.1) is 7.11 Å². The Labute approximate surface area is 127 Å². The third-order valence-corrected chi connectivity index (χ3v) is 3.47. The first-order chi connectivity index (χ1) is 9.85. The summed E-state index contributed by atoms with van der Waals surface area (Å²) in [6.45, 7) is 10.2. The minimum Gasteiger partial charge on any atom is -0.497 e. The van der Waals surface area contributed by atoms with Gasteiger partial charge in [0.15, 0.2) is 6.10 Å². The van der Waals surface area contributed by atoms with Gasteiger partial charge < -0.3 is 14.8 Å². The van der Waals surface area contributed by atoms with Gasteiger partial charge in [0, 0.05) is 12.1 Å². The van der Waals surface area contributed by atoms with Crippen LogP contribution in [-0.2, 0) is 4.79 Å². The summed E-state index contributed by atoms with van der Waals surface area (Å²) in [5, 5.41) is 3.07. The van der Waals surface area contributed by atoms with Crippen LogP contribution in [0.15, 0.2) is 24.3 Å². The molecule has 0 aliphatic carbocycles. The molecule has 0 aromatic heterocycles. The van der Waals surface area contributed by atoms with Crippen LogP contribution in [0.25, 0.3) is 0 Å². The lowest BCUT2D eigenvalue weighted by Gasteiger charge is -2.27. The maximum atomic E-state index is 12.3. The molecule has 0 saturated heterocycles. The van der Waals surface area contributed by atoms with Crippen LogP contribution >= 0.6 is 0 Å². The Hall–Kier alpha value is -1.71. The lowest BCUT2D eigenvalue weighted by molar-refractivity contribution is -0.128. The highest BCUT2D eigenvalue weighted by Gasteiger charge is 2.23. The van der Waals surface area contributed by atoms with Gasteiger partial charge in [0.1, 0.15) is 11.5 Å². The molecule has 4 heteroatoms. The molecule has 21 heavy (non-hydrogen) atoms. The Balaban J connectivity index is 2.65. The van der Waals surface area contributed by atoms with Crippen LogP contribution < -0.4 is 14.8 Å². The topological polar surface area (TPSA) is 47.6 Å². The molecule has 0 saturated carbocycles. The van der Waals surface area contributed by atoms with Crippen LogP contribution in [0, 0.1) is 11.8 Å². The Bertz CT molecular complexity index is 449. The standard InChI is InChI=1S/C17H27NO3/c1-11(2)16(12(3)4)18-17(19)13(5)21-15-9-7-8-14(10-15)20-6/h7-13,16H,1-6H3,(H,18,19)/t13-/m1/s1. The van der Waals surface area contributed by atoms with Crippen molar-refractivity contribution < 1.29 is 14.3 Å². The van der Waals surface area contributed by atoms with E-state index in [-0.39, 0.29) is 11.9 Å². The largest absolute Gasteiger partial charge is 0.497 e. The van der Waals surface area contributed by atoms with Gasteiger partial charge in [0.2, 0.25) is 0 Å². The van der Waals surface area contributed by atoms with Crippen LogP contribution in [0.1, 0.15) is 34.6 Å². The predicted octanol–water partition coefficient (Wildman–Crippen LogP) is 3.26. The average molecular weight is 293 g/mol. The van der Waals surface area contributed by atoms with Gasteiger partial charge >= 0.3 is 0 Å². The Kier molecular flexibility index (Phi) is 6.53. The van der Waals surface area contributed by atoms with Crippen LogP contribution in [0.2, 0.25) is 0 Å². The summed E-state index contributed by atoms with van der Waals surface area (Å²) in [4.78, 5) is 12.3. The summed E-state index contributed by atoms with van der Waals surface area (Å²) in [7, 11) is 1.60. The molecule has 0 bridgehead atoms. The fraction of sp³-hybridized carbons (Fsp3) is 0.588. The molecule has 1 aromatic rings. The molecule has 0 spiro atoms. The molecule has 1 aromatic carbocycles. The van der Waals surface area contributed by atoms with E-state index in [0.29, 0.717) is 23.3 Å². The number of benzene rings is 1. The van der Waals surface area contributed by atoms with E-state index in [0.717, 1.165) is 0 Å². The van der Waals surface area contributed by atoms with Crippen LogP contribution in [0.3, 0.4) is 0 Å². The molecule has 1 N–H and O–H groups in total. The Morgan fingerprint density at radius 2 is 1.62 bits per heavy atom. The smallest absolute Gasteiger partial charge is 0.261 e. The fourth-order valence-electron chi connectivity index (χ4n) is 2.32. The predicted molar refractivity (Wildman–Crippen MR) is 84.7 cm³/mol. The number of rotatable bonds is 7. The third kappa shape index (κ3) is 5.29. The molecule has 1 atom stereocenters. The van der Waals surface area contributed by atoms with Gasteiger partial charge in [-0.3, -0.25) is 4.79 Å². The number of hydrogen-bond donors (Lipinski definition) is 1. The first kappa shape index (κ1) is 17.3. The van der Waals surface area contributed by atoms with E-state index < -0.39 is 6.10 Å². The van der Waals surface area contributed by atoms with Crippen molar-refractivity contribution in [3.63, 3.8) is 0 Å². The van der Waals surface area contributed by atoms with Gasteiger partial charge in [-0.05, 0) is 30.9 Å². The van der Waals surface area contributed by atoms with Crippen LogP contribution in [0.5, 0.6) is 11.5 Å². The molecule has 0 heterocycles. The van der Waals surface area contributed by atoms with E-state index in [2.05, 4.69) is 33.0 Å². The van der Waals surface area contributed by atoms with Gasteiger partial charge in [-0.15, -0.1) is 0 Å². The summed E-state index contributed by atoms with van der Waals surface area (Å²) in [5.74, 6) is 2.02. The molecule has 0 radical (unpaired) electrons. The normalized spacial score (nSPS) is 12.6. The zero-order chi connectivity index (χ0) is 16.0. The molecule has 0 aliphatic heterocycles. The molecular formula is C17H27NO3. The van der Waals surface area contributed by atoms with Crippen molar-refractivity contribution in [2.45, 2.75) is 46.8 Å². The second-order valence-electron chi connectivity index (χ2n) is 5.96. The molecule has 1 amide bonds. The van der Waals surface area contributed by atoms with Crippen LogP contribution in [0.4, 0.5) is 0 Å². The quantitative estimate of drug-likeness (QED) is 0.839. The van der Waals surface area contributed by atoms with E-state index in [9.17, 15) is 4.79 Å². The average Bonchev–Trinajstić information content (AvgIpc) is 2.43. The van der Waals surface area contributed by atoms with E-state index in [1.54, 1.807) is 20.1 Å². The molecule has 4 nitrogen and oxygen atoms in total. The molecule has 0 unspecified atom stereocenters. The first-order valence-corrected chi connectivity index (χ1v) is 7.46. The fourth-order valence-corrected chi connectivity index (χ4v) is 2.32. The summed E-state index contributed by atoms with van der Waals surface area (Å²) < 4.78 is 10.8. The number of hydrogen-bond acceptors (Lipinski definition) is 3. The molecule has 0 aliphatic rings. The van der Waals surface area contributed by atoms with Crippen molar-refractivity contribution in [1.82, 2.24) is 5.32 Å². The van der Waals surface area contributed by atoms with Crippen molar-refractivity contribution in [2.24, 2.45) is 11.8 Å². The SMILES string of the molecule is COc1cccc(O[C@H](C)C(=O)NC(C(C)C)C(C)C)c1. The molecular weight excluding hydrogens is 266 g/mol. The van der Waals surface area contributed by atoms with Gasteiger partial charge in [-0.1, -0.05) is 33.8 Å². The van der Waals surface area contributed by atoms with E-state index in [4.69, 9.17) is 9.47 Å². The van der Waals surface area contributed by atoms with Crippen molar-refractivity contribution in [3.8, 4) is 11.5 Å². The van der Waals surface area contributed by atoms with Crippen molar-refractivity contribution in [2.75, 3.05) is 7.11 Å². The summed E-state index contributed by atoms with van der Waals surface area (Å²) in [5.41, 5.74) is 0. The zero-order valence-electron chi connectivity index (χ0n) is 13.8. The molecule has 0 fully saturated rings. The Morgan fingerprint density at radius 1 is 1.05 bits per heavy atom. The molecule has 118 valence electrons. The van der Waals surface area contributed by atoms with Crippen molar-refractivity contribution in [3.05, 3.63) is 24.3 Å². The summed E-state index contributed by atoms with van der Waals surface area (Å²) >= 11 is 0. The monoisotopic (exact) mass is 293 g/mol. The van der Waals surface area contributed by atoms with Gasteiger partial charge in [-0.2, -0.15) is 0 Å². The maximum absolute atomic E-state index is 12.3. The summed E-state index contributed by atoms with van der Waals surface area (Å²) in [6.07, 6.45) is -0.544. The highest BCUT2D eigenvalue weighted by molar-refractivity contribution is 5.81. The second kappa shape index (κ2) is 7.91. The lowest BCUT2D eigenvalue weighted by atomic mass is 9.93. The second-order valence-corrected chi connectivity index (χ2v) is 5.96. The maximum Gasteiger partial charge on any atom is 0.261 e. The summed E-state index contributed by atoms with van der Waals surface area (Å²) in [6, 6.07) is 7.41. The van der Waals surface area contributed by atoms with E-state index >= 15 is 0 Å². The molecule has 1 rings (SSSR count). The van der Waals surface area contributed by atoms with Gasteiger partial charge in [0.25, 0.3) is 5.91 Å². The van der Waals surface area contributed by atoms with Gasteiger partial charge in [-0.25, -0.2) is 0 Å².